The largest absolute Gasteiger partial charge is 0.481 e. The number of esters is 1. The number of ether oxygens (including phenoxy) is 1. The van der Waals surface area contributed by atoms with Crippen molar-refractivity contribution in [2.45, 2.75) is 11.8 Å². The lowest BCUT2D eigenvalue weighted by molar-refractivity contribution is -0.158. The summed E-state index contributed by atoms with van der Waals surface area (Å²) < 4.78 is 5.88. The summed E-state index contributed by atoms with van der Waals surface area (Å²) in [4.78, 5) is 25.9. The lowest BCUT2D eigenvalue weighted by Crippen LogP contribution is -2.52. The molecule has 0 saturated heterocycles. The van der Waals surface area contributed by atoms with Crippen LogP contribution in [0, 0.1) is 11.8 Å². The smallest absolute Gasteiger partial charge is 0.315 e. The molecule has 4 aromatic carbocycles. The molecule has 0 heterocycles. The first-order chi connectivity index (χ1) is 16.6. The molecule has 0 spiro atoms. The number of carboxylic acid groups (broad SMARTS) is 1. The monoisotopic (exact) mass is 448 g/mol. The summed E-state index contributed by atoms with van der Waals surface area (Å²) in [7, 11) is 0. The second-order valence-corrected chi connectivity index (χ2v) is 8.58. The van der Waals surface area contributed by atoms with E-state index in [1.807, 2.05) is 109 Å². The van der Waals surface area contributed by atoms with Crippen LogP contribution in [0.5, 0.6) is 5.75 Å². The Morgan fingerprint density at radius 1 is 0.588 bits per heavy atom. The number of hydrogen-bond donors (Lipinski definition) is 1. The van der Waals surface area contributed by atoms with E-state index in [-0.39, 0.29) is 0 Å². The van der Waals surface area contributed by atoms with E-state index in [0.717, 1.165) is 22.3 Å². The van der Waals surface area contributed by atoms with Gasteiger partial charge in [0, 0.05) is 11.8 Å². The van der Waals surface area contributed by atoms with Gasteiger partial charge in [0.15, 0.2) is 0 Å². The van der Waals surface area contributed by atoms with Crippen molar-refractivity contribution in [2.24, 2.45) is 11.8 Å². The van der Waals surface area contributed by atoms with E-state index in [9.17, 15) is 14.7 Å². The van der Waals surface area contributed by atoms with Gasteiger partial charge in [-0.15, -0.1) is 0 Å². The van der Waals surface area contributed by atoms with Crippen molar-refractivity contribution in [1.82, 2.24) is 0 Å². The van der Waals surface area contributed by atoms with Crippen molar-refractivity contribution in [1.29, 1.82) is 0 Å². The normalized spacial score (nSPS) is 21.3. The Morgan fingerprint density at radius 3 is 1.62 bits per heavy atom. The summed E-state index contributed by atoms with van der Waals surface area (Å²) in [5.41, 5.74) is 3.64. The lowest BCUT2D eigenvalue weighted by Gasteiger charge is -2.48. The minimum Gasteiger partial charge on any atom is -0.481 e. The SMILES string of the molecule is O=C(Oc1cccc(-c2ccccc2)c1)C1[C@@H](c2ccccc2)[C@H](C(=O)O)[C@H]1c1ccccc1. The molecule has 1 fully saturated rings. The second-order valence-electron chi connectivity index (χ2n) is 8.58. The average molecular weight is 449 g/mol. The summed E-state index contributed by atoms with van der Waals surface area (Å²) in [6.45, 7) is 0. The highest BCUT2D eigenvalue weighted by Crippen LogP contribution is 2.58. The first kappa shape index (κ1) is 21.7. The van der Waals surface area contributed by atoms with Crippen LogP contribution in [0.1, 0.15) is 23.0 Å². The Morgan fingerprint density at radius 2 is 1.09 bits per heavy atom. The molecule has 168 valence electrons. The lowest BCUT2D eigenvalue weighted by atomic mass is 9.52. The van der Waals surface area contributed by atoms with Gasteiger partial charge in [-0.2, -0.15) is 0 Å². The van der Waals surface area contributed by atoms with Crippen LogP contribution in [0.2, 0.25) is 0 Å². The summed E-state index contributed by atoms with van der Waals surface area (Å²) in [5, 5.41) is 10.1. The zero-order chi connectivity index (χ0) is 23.5. The van der Waals surface area contributed by atoms with Gasteiger partial charge in [-0.05, 0) is 34.4 Å². The maximum atomic E-state index is 13.6. The summed E-state index contributed by atoms with van der Waals surface area (Å²) in [6, 6.07) is 36.1. The minimum atomic E-state index is -0.905. The standard InChI is InChI=1S/C30H24O4/c31-29(32)27-25(21-13-6-2-7-14-21)28(26(27)22-15-8-3-9-16-22)30(33)34-24-18-10-17-23(19-24)20-11-4-1-5-12-20/h1-19,25-28H,(H,31,32)/t25-,26+,27-,28?. The van der Waals surface area contributed by atoms with Crippen molar-refractivity contribution in [3.63, 3.8) is 0 Å². The fraction of sp³-hybridized carbons (Fsp3) is 0.133. The Kier molecular flexibility index (Phi) is 5.96. The summed E-state index contributed by atoms with van der Waals surface area (Å²) in [5.74, 6) is -3.11. The van der Waals surface area contributed by atoms with Gasteiger partial charge in [-0.1, -0.05) is 103 Å². The topological polar surface area (TPSA) is 63.6 Å². The van der Waals surface area contributed by atoms with E-state index in [1.165, 1.54) is 0 Å². The first-order valence-electron chi connectivity index (χ1n) is 11.3. The van der Waals surface area contributed by atoms with Crippen LogP contribution in [-0.2, 0) is 9.59 Å². The Bertz CT molecular complexity index is 1240. The molecule has 0 bridgehead atoms. The van der Waals surface area contributed by atoms with E-state index >= 15 is 0 Å². The molecule has 1 saturated carbocycles. The van der Waals surface area contributed by atoms with Crippen LogP contribution in [0.4, 0.5) is 0 Å². The fourth-order valence-electron chi connectivity index (χ4n) is 5.08. The molecule has 0 aromatic heterocycles. The first-order valence-corrected chi connectivity index (χ1v) is 11.3. The van der Waals surface area contributed by atoms with Crippen molar-refractivity contribution >= 4 is 11.9 Å². The van der Waals surface area contributed by atoms with Crippen molar-refractivity contribution in [2.75, 3.05) is 0 Å². The van der Waals surface area contributed by atoms with Gasteiger partial charge >= 0.3 is 11.9 Å². The number of benzene rings is 4. The Balaban J connectivity index is 1.49. The molecule has 34 heavy (non-hydrogen) atoms. The van der Waals surface area contributed by atoms with Crippen molar-refractivity contribution in [3.8, 4) is 16.9 Å². The molecular weight excluding hydrogens is 424 g/mol. The molecule has 0 aliphatic heterocycles. The number of rotatable bonds is 6. The number of carbonyl (C=O) groups is 2. The highest BCUT2D eigenvalue weighted by Gasteiger charge is 2.59. The molecule has 1 N–H and O–H groups in total. The van der Waals surface area contributed by atoms with Crippen LogP contribution < -0.4 is 4.74 Å². The molecular formula is C30H24O4. The van der Waals surface area contributed by atoms with Crippen LogP contribution in [0.15, 0.2) is 115 Å². The quantitative estimate of drug-likeness (QED) is 0.284. The molecule has 4 nitrogen and oxygen atoms in total. The van der Waals surface area contributed by atoms with Crippen LogP contribution >= 0.6 is 0 Å². The number of aliphatic carboxylic acids is 1. The minimum absolute atomic E-state index is 0.412. The van der Waals surface area contributed by atoms with E-state index in [1.54, 1.807) is 6.07 Å². The zero-order valence-electron chi connectivity index (χ0n) is 18.5. The predicted molar refractivity (Wildman–Crippen MR) is 130 cm³/mol. The van der Waals surface area contributed by atoms with Gasteiger partial charge in [0.25, 0.3) is 0 Å². The zero-order valence-corrected chi connectivity index (χ0v) is 18.5. The van der Waals surface area contributed by atoms with E-state index < -0.39 is 35.6 Å². The third-order valence-electron chi connectivity index (χ3n) is 6.63. The van der Waals surface area contributed by atoms with Gasteiger partial charge in [-0.25, -0.2) is 0 Å². The number of carbonyl (C=O) groups excluding carboxylic acids is 1. The molecule has 1 aliphatic carbocycles. The Hall–Kier alpha value is -4.18. The van der Waals surface area contributed by atoms with Gasteiger partial charge < -0.3 is 9.84 Å². The third kappa shape index (κ3) is 4.11. The predicted octanol–water partition coefficient (Wildman–Crippen LogP) is 6.16. The summed E-state index contributed by atoms with van der Waals surface area (Å²) >= 11 is 0. The van der Waals surface area contributed by atoms with Gasteiger partial charge in [0.2, 0.25) is 0 Å². The molecule has 0 amide bonds. The van der Waals surface area contributed by atoms with Gasteiger partial charge in [0.05, 0.1) is 11.8 Å². The molecule has 1 unspecified atom stereocenters. The number of hydrogen-bond acceptors (Lipinski definition) is 3. The molecule has 4 heteroatoms. The highest BCUT2D eigenvalue weighted by atomic mass is 16.5. The maximum absolute atomic E-state index is 13.6. The van der Waals surface area contributed by atoms with Gasteiger partial charge in [0.1, 0.15) is 5.75 Å². The van der Waals surface area contributed by atoms with E-state index in [2.05, 4.69) is 0 Å². The maximum Gasteiger partial charge on any atom is 0.315 e. The van der Waals surface area contributed by atoms with E-state index in [0.29, 0.717) is 5.75 Å². The van der Waals surface area contributed by atoms with E-state index in [4.69, 9.17) is 4.74 Å². The summed E-state index contributed by atoms with van der Waals surface area (Å²) in [6.07, 6.45) is 0. The molecule has 0 radical (unpaired) electrons. The van der Waals surface area contributed by atoms with Crippen LogP contribution in [-0.4, -0.2) is 17.0 Å². The van der Waals surface area contributed by atoms with Gasteiger partial charge in [-0.3, -0.25) is 9.59 Å². The molecule has 4 aromatic rings. The van der Waals surface area contributed by atoms with Crippen LogP contribution in [0.25, 0.3) is 11.1 Å². The average Bonchev–Trinajstić information content (AvgIpc) is 2.85. The fourth-order valence-corrected chi connectivity index (χ4v) is 5.08. The second kappa shape index (κ2) is 9.36. The van der Waals surface area contributed by atoms with Crippen molar-refractivity contribution < 1.29 is 19.4 Å². The van der Waals surface area contributed by atoms with Crippen molar-refractivity contribution in [3.05, 3.63) is 126 Å². The number of carboxylic acids is 1. The molecule has 5 rings (SSSR count). The molecule has 1 aliphatic rings. The Labute approximate surface area is 198 Å². The highest BCUT2D eigenvalue weighted by molar-refractivity contribution is 5.86. The third-order valence-corrected chi connectivity index (χ3v) is 6.63. The van der Waals surface area contributed by atoms with Crippen LogP contribution in [0.3, 0.4) is 0 Å². The molecule has 4 atom stereocenters.